The second kappa shape index (κ2) is 6.99. The van der Waals surface area contributed by atoms with E-state index in [1.54, 1.807) is 12.1 Å². The molecule has 27 heavy (non-hydrogen) atoms. The molecule has 1 aromatic heterocycles. The molecule has 1 aliphatic rings. The van der Waals surface area contributed by atoms with E-state index in [2.05, 4.69) is 18.8 Å². The van der Waals surface area contributed by atoms with Crippen LogP contribution in [0.1, 0.15) is 24.5 Å². The van der Waals surface area contributed by atoms with Crippen LogP contribution >= 0.6 is 11.7 Å². The van der Waals surface area contributed by atoms with Gasteiger partial charge in [0, 0.05) is 5.69 Å². The first-order chi connectivity index (χ1) is 12.9. The van der Waals surface area contributed by atoms with Gasteiger partial charge in [0.25, 0.3) is 0 Å². The van der Waals surface area contributed by atoms with Crippen molar-refractivity contribution in [3.05, 3.63) is 47.5 Å². The Labute approximate surface area is 161 Å². The van der Waals surface area contributed by atoms with E-state index in [1.165, 1.54) is 24.1 Å². The molecule has 3 aromatic rings. The lowest BCUT2D eigenvalue weighted by Crippen LogP contribution is -2.41. The summed E-state index contributed by atoms with van der Waals surface area (Å²) in [7, 11) is -3.91. The summed E-state index contributed by atoms with van der Waals surface area (Å²) >= 11 is 0.948. The molecular formula is C18H18N4O3S2. The highest BCUT2D eigenvalue weighted by Crippen LogP contribution is 2.25. The summed E-state index contributed by atoms with van der Waals surface area (Å²) in [5.74, 6) is -0.417. The first-order valence-electron chi connectivity index (χ1n) is 8.60. The third-order valence-electron chi connectivity index (χ3n) is 4.63. The van der Waals surface area contributed by atoms with Crippen LogP contribution in [0.2, 0.25) is 0 Å². The van der Waals surface area contributed by atoms with E-state index in [0.717, 1.165) is 31.0 Å². The third kappa shape index (κ3) is 3.58. The minimum atomic E-state index is -3.91. The van der Waals surface area contributed by atoms with Gasteiger partial charge in [-0.1, -0.05) is 12.1 Å². The Bertz CT molecular complexity index is 1120. The van der Waals surface area contributed by atoms with Gasteiger partial charge in [-0.3, -0.25) is 4.79 Å². The zero-order valence-electron chi connectivity index (χ0n) is 14.6. The summed E-state index contributed by atoms with van der Waals surface area (Å²) in [5.41, 5.74) is 4.05. The third-order valence-corrected chi connectivity index (χ3v) is 6.74. The van der Waals surface area contributed by atoms with E-state index < -0.39 is 22.0 Å². The molecule has 0 fully saturated rings. The van der Waals surface area contributed by atoms with Crippen molar-refractivity contribution >= 4 is 44.4 Å². The molecule has 1 atom stereocenters. The molecular weight excluding hydrogens is 384 g/mol. The lowest BCUT2D eigenvalue weighted by Gasteiger charge is -2.15. The van der Waals surface area contributed by atoms with Crippen molar-refractivity contribution in [1.29, 1.82) is 0 Å². The second-order valence-electron chi connectivity index (χ2n) is 6.56. The standard InChI is InChI=1S/C18H18N4O3S2/c1-11(18(23)19-14-9-8-12-4-2-5-13(12)10-14)22-27(24,25)16-7-3-6-15-17(16)21-26-20-15/h3,6-11,22H,2,4-5H2,1H3,(H,19,23)/t11-/m1/s1. The van der Waals surface area contributed by atoms with Crippen molar-refractivity contribution in [1.82, 2.24) is 13.5 Å². The number of hydrogen-bond donors (Lipinski definition) is 2. The molecule has 0 spiro atoms. The largest absolute Gasteiger partial charge is 0.325 e. The average Bonchev–Trinajstić information content (AvgIpc) is 3.29. The summed E-state index contributed by atoms with van der Waals surface area (Å²) in [4.78, 5) is 12.5. The Morgan fingerprint density at radius 2 is 1.96 bits per heavy atom. The van der Waals surface area contributed by atoms with Crippen molar-refractivity contribution < 1.29 is 13.2 Å². The maximum absolute atomic E-state index is 12.7. The van der Waals surface area contributed by atoms with Crippen LogP contribution in [0.15, 0.2) is 41.3 Å². The van der Waals surface area contributed by atoms with Crippen LogP contribution in [0.4, 0.5) is 5.69 Å². The molecule has 0 unspecified atom stereocenters. The average molecular weight is 403 g/mol. The van der Waals surface area contributed by atoms with Gasteiger partial charge >= 0.3 is 0 Å². The Balaban J connectivity index is 1.50. The van der Waals surface area contributed by atoms with E-state index in [4.69, 9.17) is 0 Å². The number of rotatable bonds is 5. The Kier molecular flexibility index (Phi) is 4.67. The van der Waals surface area contributed by atoms with Gasteiger partial charge in [-0.2, -0.15) is 13.5 Å². The summed E-state index contributed by atoms with van der Waals surface area (Å²) in [6.07, 6.45) is 3.20. The number of aromatic nitrogens is 2. The van der Waals surface area contributed by atoms with Gasteiger partial charge in [0.2, 0.25) is 15.9 Å². The van der Waals surface area contributed by atoms with Crippen molar-refractivity contribution in [2.24, 2.45) is 0 Å². The maximum atomic E-state index is 12.7. The Morgan fingerprint density at radius 3 is 2.81 bits per heavy atom. The minimum absolute atomic E-state index is 0.0194. The molecule has 0 saturated carbocycles. The topological polar surface area (TPSA) is 101 Å². The summed E-state index contributed by atoms with van der Waals surface area (Å²) in [6, 6.07) is 9.65. The number of sulfonamides is 1. The first-order valence-corrected chi connectivity index (χ1v) is 10.8. The number of nitrogens with zero attached hydrogens (tertiary/aromatic N) is 2. The molecule has 4 rings (SSSR count). The van der Waals surface area contributed by atoms with Crippen molar-refractivity contribution in [2.75, 3.05) is 5.32 Å². The Morgan fingerprint density at radius 1 is 1.15 bits per heavy atom. The van der Waals surface area contributed by atoms with Crippen LogP contribution in [0.25, 0.3) is 11.0 Å². The molecule has 140 valence electrons. The number of benzene rings is 2. The molecule has 0 aliphatic heterocycles. The monoisotopic (exact) mass is 402 g/mol. The van der Waals surface area contributed by atoms with Crippen molar-refractivity contribution in [2.45, 2.75) is 37.1 Å². The Hall–Kier alpha value is -2.36. The summed E-state index contributed by atoms with van der Waals surface area (Å²) in [5, 5.41) is 2.79. The predicted molar refractivity (Wildman–Crippen MR) is 104 cm³/mol. The maximum Gasteiger partial charge on any atom is 0.243 e. The zero-order valence-corrected chi connectivity index (χ0v) is 16.2. The van der Waals surface area contributed by atoms with E-state index in [-0.39, 0.29) is 4.90 Å². The van der Waals surface area contributed by atoms with Gasteiger partial charge in [-0.15, -0.1) is 0 Å². The molecule has 7 nitrogen and oxygen atoms in total. The highest BCUT2D eigenvalue weighted by atomic mass is 32.2. The molecule has 0 saturated heterocycles. The molecule has 1 aliphatic carbocycles. The van der Waals surface area contributed by atoms with E-state index in [0.29, 0.717) is 16.7 Å². The van der Waals surface area contributed by atoms with E-state index in [1.807, 2.05) is 18.2 Å². The predicted octanol–water partition coefficient (Wildman–Crippen LogP) is 2.49. The molecule has 0 radical (unpaired) electrons. The van der Waals surface area contributed by atoms with Crippen LogP contribution in [0.5, 0.6) is 0 Å². The number of aryl methyl sites for hydroxylation is 2. The van der Waals surface area contributed by atoms with Gasteiger partial charge in [0.1, 0.15) is 15.9 Å². The van der Waals surface area contributed by atoms with Crippen molar-refractivity contribution in [3.63, 3.8) is 0 Å². The number of nitrogens with one attached hydrogen (secondary N) is 2. The number of fused-ring (bicyclic) bond motifs is 2. The van der Waals surface area contributed by atoms with Crippen LogP contribution < -0.4 is 10.0 Å². The smallest absolute Gasteiger partial charge is 0.243 e. The molecule has 2 N–H and O–H groups in total. The molecule has 0 bridgehead atoms. The fourth-order valence-corrected chi connectivity index (χ4v) is 5.22. The number of carbonyl (C=O) groups excluding carboxylic acids is 1. The van der Waals surface area contributed by atoms with Crippen LogP contribution in [0.3, 0.4) is 0 Å². The van der Waals surface area contributed by atoms with Crippen LogP contribution in [-0.2, 0) is 27.7 Å². The molecule has 1 amide bonds. The number of anilines is 1. The highest BCUT2D eigenvalue weighted by molar-refractivity contribution is 7.89. The number of hydrogen-bond acceptors (Lipinski definition) is 6. The van der Waals surface area contributed by atoms with Gasteiger partial charge in [-0.05, 0) is 61.6 Å². The fourth-order valence-electron chi connectivity index (χ4n) is 3.25. The minimum Gasteiger partial charge on any atom is -0.325 e. The van der Waals surface area contributed by atoms with Crippen molar-refractivity contribution in [3.8, 4) is 0 Å². The van der Waals surface area contributed by atoms with Gasteiger partial charge < -0.3 is 5.32 Å². The molecule has 1 heterocycles. The van der Waals surface area contributed by atoms with Gasteiger partial charge in [0.05, 0.1) is 17.8 Å². The fraction of sp³-hybridized carbons (Fsp3) is 0.278. The normalized spacial score (nSPS) is 14.9. The summed E-state index contributed by atoms with van der Waals surface area (Å²) in [6.45, 7) is 1.51. The lowest BCUT2D eigenvalue weighted by molar-refractivity contribution is -0.117. The number of amides is 1. The summed E-state index contributed by atoms with van der Waals surface area (Å²) < 4.78 is 35.9. The molecule has 2 aromatic carbocycles. The first kappa shape index (κ1) is 18.0. The highest BCUT2D eigenvalue weighted by Gasteiger charge is 2.25. The van der Waals surface area contributed by atoms with Gasteiger partial charge in [0.15, 0.2) is 0 Å². The van der Waals surface area contributed by atoms with Crippen LogP contribution in [-0.4, -0.2) is 29.1 Å². The SMILES string of the molecule is C[C@@H](NS(=O)(=O)c1cccc2nsnc12)C(=O)Nc1ccc2c(c1)CCC2. The molecule has 9 heteroatoms. The quantitative estimate of drug-likeness (QED) is 0.683. The second-order valence-corrected chi connectivity index (χ2v) is 8.77. The number of carbonyl (C=O) groups is 1. The zero-order chi connectivity index (χ0) is 19.0. The lowest BCUT2D eigenvalue weighted by atomic mass is 10.1. The van der Waals surface area contributed by atoms with Crippen LogP contribution in [0, 0.1) is 0 Å². The van der Waals surface area contributed by atoms with Gasteiger partial charge in [-0.25, -0.2) is 8.42 Å². The van der Waals surface area contributed by atoms with E-state index >= 15 is 0 Å². The van der Waals surface area contributed by atoms with E-state index in [9.17, 15) is 13.2 Å².